The number of halogens is 1. The Bertz CT molecular complexity index is 296. The Hall–Kier alpha value is 0.1000. The van der Waals surface area contributed by atoms with E-state index in [-0.39, 0.29) is 6.04 Å². The van der Waals surface area contributed by atoms with Crippen LogP contribution in [-0.4, -0.2) is 13.2 Å². The maximum Gasteiger partial charge on any atom is 0.0469 e. The van der Waals surface area contributed by atoms with E-state index < -0.39 is 0 Å². The van der Waals surface area contributed by atoms with Crippen LogP contribution in [0.2, 0.25) is 0 Å². The first-order valence-corrected chi connectivity index (χ1v) is 6.52. The van der Waals surface area contributed by atoms with Gasteiger partial charge in [0.05, 0.1) is 0 Å². The van der Waals surface area contributed by atoms with E-state index in [9.17, 15) is 0 Å². The molecule has 4 heteroatoms. The molecule has 0 radical (unpaired) electrons. The monoisotopic (exact) mass is 275 g/mol. The van der Waals surface area contributed by atoms with Crippen molar-refractivity contribution in [1.82, 2.24) is 0 Å². The number of nitrogens with two attached hydrogens (primary N) is 1. The lowest BCUT2D eigenvalue weighted by molar-refractivity contribution is 0.0587. The second-order valence-corrected chi connectivity index (χ2v) is 5.41. The smallest absolute Gasteiger partial charge is 0.0469 e. The number of hydrogen-bond acceptors (Lipinski definition) is 3. The van der Waals surface area contributed by atoms with E-state index in [2.05, 4.69) is 27.4 Å². The van der Waals surface area contributed by atoms with Crippen molar-refractivity contribution < 1.29 is 4.74 Å². The molecule has 1 aromatic rings. The summed E-state index contributed by atoms with van der Waals surface area (Å²) in [5.41, 5.74) is 6.24. The molecule has 78 valence electrons. The molecule has 1 unspecified atom stereocenters. The highest BCUT2D eigenvalue weighted by Crippen LogP contribution is 2.35. The van der Waals surface area contributed by atoms with Gasteiger partial charge in [0, 0.05) is 28.6 Å². The van der Waals surface area contributed by atoms with Crippen LogP contribution in [0.5, 0.6) is 0 Å². The van der Waals surface area contributed by atoms with Gasteiger partial charge in [-0.05, 0) is 46.1 Å². The quantitative estimate of drug-likeness (QED) is 0.901. The minimum absolute atomic E-state index is 0.174. The Morgan fingerprint density at radius 1 is 1.50 bits per heavy atom. The van der Waals surface area contributed by atoms with Crippen LogP contribution in [0.4, 0.5) is 0 Å². The molecule has 0 amide bonds. The Kier molecular flexibility index (Phi) is 3.60. The summed E-state index contributed by atoms with van der Waals surface area (Å²) in [5.74, 6) is 0.582. The lowest BCUT2D eigenvalue weighted by Gasteiger charge is -2.27. The van der Waals surface area contributed by atoms with Crippen LogP contribution in [0, 0.1) is 5.92 Å². The fraction of sp³-hybridized carbons (Fsp3) is 0.600. The topological polar surface area (TPSA) is 35.2 Å². The zero-order valence-corrected chi connectivity index (χ0v) is 10.3. The predicted octanol–water partition coefficient (Wildman–Crippen LogP) is 2.94. The Labute approximate surface area is 96.6 Å². The highest BCUT2D eigenvalue weighted by molar-refractivity contribution is 9.10. The molecule has 2 heterocycles. The van der Waals surface area contributed by atoms with Crippen molar-refractivity contribution in [1.29, 1.82) is 0 Å². The third-order valence-electron chi connectivity index (χ3n) is 2.72. The normalized spacial score (nSPS) is 21.0. The fourth-order valence-corrected chi connectivity index (χ4v) is 3.57. The van der Waals surface area contributed by atoms with Crippen LogP contribution in [0.3, 0.4) is 0 Å². The molecule has 2 rings (SSSR count). The van der Waals surface area contributed by atoms with E-state index in [1.807, 2.05) is 0 Å². The average Bonchev–Trinajstić information content (AvgIpc) is 2.65. The number of ether oxygens (including phenoxy) is 1. The molecular weight excluding hydrogens is 262 g/mol. The van der Waals surface area contributed by atoms with Gasteiger partial charge in [0.2, 0.25) is 0 Å². The van der Waals surface area contributed by atoms with E-state index in [1.165, 1.54) is 4.88 Å². The highest BCUT2D eigenvalue weighted by atomic mass is 79.9. The van der Waals surface area contributed by atoms with Gasteiger partial charge in [-0.3, -0.25) is 0 Å². The third-order valence-corrected chi connectivity index (χ3v) is 4.69. The van der Waals surface area contributed by atoms with Gasteiger partial charge in [-0.1, -0.05) is 0 Å². The molecule has 2 N–H and O–H groups in total. The van der Waals surface area contributed by atoms with Gasteiger partial charge in [-0.15, -0.1) is 11.3 Å². The summed E-state index contributed by atoms with van der Waals surface area (Å²) in [4.78, 5) is 1.27. The second-order valence-electron chi connectivity index (χ2n) is 3.61. The molecule has 1 saturated heterocycles. The van der Waals surface area contributed by atoms with E-state index in [0.717, 1.165) is 30.5 Å². The fourth-order valence-electron chi connectivity index (χ4n) is 1.83. The molecule has 0 aromatic carbocycles. The molecule has 1 aliphatic heterocycles. The summed E-state index contributed by atoms with van der Waals surface area (Å²) < 4.78 is 6.49. The van der Waals surface area contributed by atoms with Gasteiger partial charge in [0.15, 0.2) is 0 Å². The molecule has 1 fully saturated rings. The van der Waals surface area contributed by atoms with Crippen LogP contribution in [-0.2, 0) is 4.74 Å². The van der Waals surface area contributed by atoms with Crippen LogP contribution < -0.4 is 5.73 Å². The van der Waals surface area contributed by atoms with Crippen molar-refractivity contribution >= 4 is 27.3 Å². The predicted molar refractivity (Wildman–Crippen MR) is 62.5 cm³/mol. The molecule has 2 nitrogen and oxygen atoms in total. The van der Waals surface area contributed by atoms with Gasteiger partial charge in [-0.2, -0.15) is 0 Å². The molecule has 1 aromatic heterocycles. The van der Waals surface area contributed by atoms with E-state index >= 15 is 0 Å². The Morgan fingerprint density at radius 3 is 2.79 bits per heavy atom. The molecule has 0 saturated carbocycles. The van der Waals surface area contributed by atoms with Gasteiger partial charge >= 0.3 is 0 Å². The van der Waals surface area contributed by atoms with Crippen molar-refractivity contribution in [2.24, 2.45) is 11.7 Å². The van der Waals surface area contributed by atoms with Crippen LogP contribution in [0.15, 0.2) is 15.9 Å². The van der Waals surface area contributed by atoms with Crippen molar-refractivity contribution in [3.05, 3.63) is 20.8 Å². The summed E-state index contributed by atoms with van der Waals surface area (Å²) >= 11 is 5.27. The molecule has 0 aliphatic carbocycles. The lowest BCUT2D eigenvalue weighted by atomic mass is 9.91. The van der Waals surface area contributed by atoms with E-state index in [0.29, 0.717) is 5.92 Å². The first-order chi connectivity index (χ1) is 6.79. The average molecular weight is 276 g/mol. The maximum absolute atomic E-state index is 6.24. The summed E-state index contributed by atoms with van der Waals surface area (Å²) in [6.07, 6.45) is 2.18. The zero-order chi connectivity index (χ0) is 9.97. The molecule has 1 atom stereocenters. The minimum atomic E-state index is 0.174. The number of thiophene rings is 1. The largest absolute Gasteiger partial charge is 0.381 e. The number of hydrogen-bond donors (Lipinski definition) is 1. The lowest BCUT2D eigenvalue weighted by Crippen LogP contribution is -2.27. The van der Waals surface area contributed by atoms with Crippen molar-refractivity contribution in [3.63, 3.8) is 0 Å². The summed E-state index contributed by atoms with van der Waals surface area (Å²) in [5, 5.41) is 2.08. The van der Waals surface area contributed by atoms with E-state index in [1.54, 1.807) is 11.3 Å². The van der Waals surface area contributed by atoms with Gasteiger partial charge in [0.1, 0.15) is 0 Å². The van der Waals surface area contributed by atoms with Crippen molar-refractivity contribution in [2.75, 3.05) is 13.2 Å². The second kappa shape index (κ2) is 4.75. The summed E-state index contributed by atoms with van der Waals surface area (Å²) in [6, 6.07) is 2.24. The molecule has 0 spiro atoms. The van der Waals surface area contributed by atoms with Crippen LogP contribution >= 0.6 is 27.3 Å². The highest BCUT2D eigenvalue weighted by Gasteiger charge is 2.24. The standard InChI is InChI=1S/C10H14BrNOS/c11-8-3-6-14-10(8)9(12)7-1-4-13-5-2-7/h3,6-7,9H,1-2,4-5,12H2. The van der Waals surface area contributed by atoms with Gasteiger partial charge in [0.25, 0.3) is 0 Å². The van der Waals surface area contributed by atoms with Crippen molar-refractivity contribution in [3.8, 4) is 0 Å². The Morgan fingerprint density at radius 2 is 2.21 bits per heavy atom. The molecule has 0 bridgehead atoms. The van der Waals surface area contributed by atoms with Gasteiger partial charge < -0.3 is 10.5 Å². The van der Waals surface area contributed by atoms with Gasteiger partial charge in [-0.25, -0.2) is 0 Å². The van der Waals surface area contributed by atoms with E-state index in [4.69, 9.17) is 10.5 Å². The molecule has 14 heavy (non-hydrogen) atoms. The Balaban J connectivity index is 2.07. The summed E-state index contributed by atoms with van der Waals surface area (Å²) in [7, 11) is 0. The maximum atomic E-state index is 6.24. The SMILES string of the molecule is NC(c1sccc1Br)C1CCOCC1. The zero-order valence-electron chi connectivity index (χ0n) is 7.91. The first kappa shape index (κ1) is 10.6. The molecule has 1 aliphatic rings. The minimum Gasteiger partial charge on any atom is -0.381 e. The van der Waals surface area contributed by atoms with Crippen LogP contribution in [0.25, 0.3) is 0 Å². The first-order valence-electron chi connectivity index (χ1n) is 4.85. The van der Waals surface area contributed by atoms with Crippen LogP contribution in [0.1, 0.15) is 23.8 Å². The summed E-state index contributed by atoms with van der Waals surface area (Å²) in [6.45, 7) is 1.72. The molecular formula is C10H14BrNOS. The number of rotatable bonds is 2. The van der Waals surface area contributed by atoms with Crippen molar-refractivity contribution in [2.45, 2.75) is 18.9 Å². The third kappa shape index (κ3) is 2.19.